The Kier molecular flexibility index (Phi) is 3.82. The second-order valence-electron chi connectivity index (χ2n) is 6.58. The molecule has 2 aliphatic carbocycles. The van der Waals surface area contributed by atoms with Crippen molar-refractivity contribution in [2.75, 3.05) is 13.1 Å². The summed E-state index contributed by atoms with van der Waals surface area (Å²) in [6, 6.07) is 2.62. The Morgan fingerprint density at radius 3 is 1.86 bits per heavy atom. The molecule has 0 aromatic heterocycles. The summed E-state index contributed by atoms with van der Waals surface area (Å²) in [6.45, 7) is 4.59. The maximum absolute atomic E-state index is 13.4. The molecule has 0 amide bonds. The molecule has 0 bridgehead atoms. The van der Waals surface area contributed by atoms with Crippen molar-refractivity contribution in [3.05, 3.63) is 29.1 Å². The van der Waals surface area contributed by atoms with E-state index in [4.69, 9.17) is 0 Å². The van der Waals surface area contributed by atoms with Crippen LogP contribution in [0.15, 0.2) is 17.0 Å². The third-order valence-electron chi connectivity index (χ3n) is 4.34. The highest BCUT2D eigenvalue weighted by Crippen LogP contribution is 2.37. The van der Waals surface area contributed by atoms with Crippen molar-refractivity contribution in [2.24, 2.45) is 11.8 Å². The zero-order valence-corrected chi connectivity index (χ0v) is 13.4. The second kappa shape index (κ2) is 5.36. The summed E-state index contributed by atoms with van der Waals surface area (Å²) in [7, 11) is -3.52. The monoisotopic (exact) mass is 311 g/mol. The summed E-state index contributed by atoms with van der Waals surface area (Å²) in [5.74, 6) is 0.652. The van der Waals surface area contributed by atoms with E-state index in [9.17, 15) is 12.8 Å². The molecule has 2 fully saturated rings. The summed E-state index contributed by atoms with van der Waals surface area (Å²) in [4.78, 5) is 0.296. The fourth-order valence-corrected chi connectivity index (χ4v) is 4.88. The van der Waals surface area contributed by atoms with Crippen LogP contribution in [0.2, 0.25) is 0 Å². The highest BCUT2D eigenvalue weighted by atomic mass is 32.2. The summed E-state index contributed by atoms with van der Waals surface area (Å²) in [6.07, 6.45) is 4.49. The molecule has 0 radical (unpaired) electrons. The molecule has 2 saturated carbocycles. The molecule has 3 rings (SSSR count). The Morgan fingerprint density at radius 1 is 1.05 bits per heavy atom. The average molecular weight is 311 g/mol. The Labute approximate surface area is 126 Å². The van der Waals surface area contributed by atoms with E-state index in [0.717, 1.165) is 25.7 Å². The summed E-state index contributed by atoms with van der Waals surface area (Å²) >= 11 is 0. The SMILES string of the molecule is Cc1cc(F)cc(C)c1S(=O)(=O)N(CC1CC1)CC1CC1. The van der Waals surface area contributed by atoms with Crippen LogP contribution in [0, 0.1) is 31.5 Å². The third kappa shape index (κ3) is 3.29. The Hall–Kier alpha value is -0.940. The minimum Gasteiger partial charge on any atom is -0.207 e. The van der Waals surface area contributed by atoms with Crippen LogP contribution in [0.1, 0.15) is 36.8 Å². The highest BCUT2D eigenvalue weighted by Gasteiger charge is 2.36. The molecule has 3 nitrogen and oxygen atoms in total. The van der Waals surface area contributed by atoms with Gasteiger partial charge in [0.05, 0.1) is 4.90 Å². The van der Waals surface area contributed by atoms with Crippen molar-refractivity contribution in [3.63, 3.8) is 0 Å². The first-order valence-corrected chi connectivity index (χ1v) is 9.09. The first-order chi connectivity index (χ1) is 9.88. The van der Waals surface area contributed by atoms with Gasteiger partial charge in [-0.25, -0.2) is 12.8 Å². The highest BCUT2D eigenvalue weighted by molar-refractivity contribution is 7.89. The minimum absolute atomic E-state index is 0.296. The molecule has 1 aromatic rings. The van der Waals surface area contributed by atoms with E-state index in [1.165, 1.54) is 12.1 Å². The molecule has 2 aliphatic rings. The lowest BCUT2D eigenvalue weighted by atomic mass is 10.1. The molecule has 0 atom stereocenters. The molecule has 0 heterocycles. The van der Waals surface area contributed by atoms with E-state index in [2.05, 4.69) is 0 Å². The molecule has 0 spiro atoms. The molecular weight excluding hydrogens is 289 g/mol. The number of rotatable bonds is 6. The lowest BCUT2D eigenvalue weighted by Gasteiger charge is -2.24. The molecular formula is C16H22FNO2S. The molecule has 0 aliphatic heterocycles. The quantitative estimate of drug-likeness (QED) is 0.808. The number of hydrogen-bond donors (Lipinski definition) is 0. The van der Waals surface area contributed by atoms with Crippen LogP contribution in [0.25, 0.3) is 0 Å². The zero-order valence-electron chi connectivity index (χ0n) is 12.6. The lowest BCUT2D eigenvalue weighted by Crippen LogP contribution is -2.35. The van der Waals surface area contributed by atoms with Gasteiger partial charge in [-0.3, -0.25) is 0 Å². The van der Waals surface area contributed by atoms with Gasteiger partial charge in [-0.15, -0.1) is 0 Å². The van der Waals surface area contributed by atoms with E-state index >= 15 is 0 Å². The van der Waals surface area contributed by atoms with E-state index in [0.29, 0.717) is 40.9 Å². The van der Waals surface area contributed by atoms with Gasteiger partial charge in [0.15, 0.2) is 0 Å². The van der Waals surface area contributed by atoms with Gasteiger partial charge in [-0.2, -0.15) is 4.31 Å². The van der Waals surface area contributed by atoms with Gasteiger partial charge < -0.3 is 0 Å². The van der Waals surface area contributed by atoms with Crippen LogP contribution in [0.3, 0.4) is 0 Å². The molecule has 0 N–H and O–H groups in total. The van der Waals surface area contributed by atoms with Gasteiger partial charge in [0.1, 0.15) is 5.82 Å². The Balaban J connectivity index is 1.95. The van der Waals surface area contributed by atoms with Crippen LogP contribution in [-0.4, -0.2) is 25.8 Å². The molecule has 1 aromatic carbocycles. The summed E-state index contributed by atoms with van der Waals surface area (Å²) < 4.78 is 41.1. The lowest BCUT2D eigenvalue weighted by molar-refractivity contribution is 0.381. The first kappa shape index (κ1) is 15.0. The van der Waals surface area contributed by atoms with Crippen molar-refractivity contribution in [3.8, 4) is 0 Å². The molecule has 21 heavy (non-hydrogen) atoms. The Morgan fingerprint density at radius 2 is 1.48 bits per heavy atom. The van der Waals surface area contributed by atoms with Crippen molar-refractivity contribution in [1.29, 1.82) is 0 Å². The fourth-order valence-electron chi connectivity index (χ4n) is 2.88. The average Bonchev–Trinajstić information content (AvgIpc) is 3.20. The van der Waals surface area contributed by atoms with Crippen LogP contribution in [-0.2, 0) is 10.0 Å². The number of sulfonamides is 1. The van der Waals surface area contributed by atoms with Gasteiger partial charge in [-0.1, -0.05) is 0 Å². The maximum atomic E-state index is 13.4. The standard InChI is InChI=1S/C16H22FNO2S/c1-11-7-15(17)8-12(2)16(11)21(19,20)18(9-13-3-4-13)10-14-5-6-14/h7-8,13-14H,3-6,9-10H2,1-2H3. The van der Waals surface area contributed by atoms with Gasteiger partial charge in [0.2, 0.25) is 10.0 Å². The third-order valence-corrected chi connectivity index (χ3v) is 6.48. The van der Waals surface area contributed by atoms with Gasteiger partial charge in [-0.05, 0) is 74.6 Å². The predicted octanol–water partition coefficient (Wildman–Crippen LogP) is 3.25. The first-order valence-electron chi connectivity index (χ1n) is 7.65. The topological polar surface area (TPSA) is 37.4 Å². The zero-order chi connectivity index (χ0) is 15.2. The normalized spacial score (nSPS) is 19.2. The van der Waals surface area contributed by atoms with Crippen LogP contribution < -0.4 is 0 Å². The Bertz CT molecular complexity index is 611. The molecule has 0 unspecified atom stereocenters. The van der Waals surface area contributed by atoms with E-state index in [-0.39, 0.29) is 5.82 Å². The van der Waals surface area contributed by atoms with Gasteiger partial charge >= 0.3 is 0 Å². The fraction of sp³-hybridized carbons (Fsp3) is 0.625. The smallest absolute Gasteiger partial charge is 0.207 e. The predicted molar refractivity (Wildman–Crippen MR) is 80.1 cm³/mol. The van der Waals surface area contributed by atoms with E-state index in [1.54, 1.807) is 18.2 Å². The van der Waals surface area contributed by atoms with Crippen LogP contribution >= 0.6 is 0 Å². The minimum atomic E-state index is -3.52. The van der Waals surface area contributed by atoms with Crippen molar-refractivity contribution in [1.82, 2.24) is 4.31 Å². The number of hydrogen-bond acceptors (Lipinski definition) is 2. The molecule has 5 heteroatoms. The van der Waals surface area contributed by atoms with Gasteiger partial charge in [0.25, 0.3) is 0 Å². The van der Waals surface area contributed by atoms with Crippen molar-refractivity contribution in [2.45, 2.75) is 44.4 Å². The number of benzene rings is 1. The largest absolute Gasteiger partial charge is 0.243 e. The van der Waals surface area contributed by atoms with Crippen molar-refractivity contribution < 1.29 is 12.8 Å². The van der Waals surface area contributed by atoms with Crippen LogP contribution in [0.5, 0.6) is 0 Å². The molecule has 116 valence electrons. The maximum Gasteiger partial charge on any atom is 0.243 e. The summed E-state index contributed by atoms with van der Waals surface area (Å²) in [5, 5.41) is 0. The number of aryl methyl sites for hydroxylation is 2. The van der Waals surface area contributed by atoms with Crippen molar-refractivity contribution >= 4 is 10.0 Å². The van der Waals surface area contributed by atoms with Gasteiger partial charge in [0, 0.05) is 13.1 Å². The second-order valence-corrected chi connectivity index (χ2v) is 8.45. The molecule has 0 saturated heterocycles. The van der Waals surface area contributed by atoms with E-state index in [1.807, 2.05) is 0 Å². The summed E-state index contributed by atoms with van der Waals surface area (Å²) in [5.41, 5.74) is 1.01. The van der Waals surface area contributed by atoms with Crippen LogP contribution in [0.4, 0.5) is 4.39 Å². The number of halogens is 1. The van der Waals surface area contributed by atoms with E-state index < -0.39 is 10.0 Å². The number of nitrogens with zero attached hydrogens (tertiary/aromatic N) is 1.